The van der Waals surface area contributed by atoms with E-state index in [1.165, 1.54) is 12.8 Å². The van der Waals surface area contributed by atoms with Crippen molar-refractivity contribution >= 4 is 17.8 Å². The molecule has 1 aliphatic carbocycles. The van der Waals surface area contributed by atoms with Crippen LogP contribution in [0.15, 0.2) is 0 Å². The Labute approximate surface area is 124 Å². The summed E-state index contributed by atoms with van der Waals surface area (Å²) in [7, 11) is 0. The second-order valence-electron chi connectivity index (χ2n) is 6.03. The van der Waals surface area contributed by atoms with Gasteiger partial charge in [-0.3, -0.25) is 14.4 Å². The van der Waals surface area contributed by atoms with Crippen molar-refractivity contribution in [2.75, 3.05) is 13.1 Å². The summed E-state index contributed by atoms with van der Waals surface area (Å²) >= 11 is 0. The van der Waals surface area contributed by atoms with Crippen LogP contribution in [0.4, 0.5) is 0 Å². The van der Waals surface area contributed by atoms with Crippen LogP contribution in [0.3, 0.4) is 0 Å². The highest BCUT2D eigenvalue weighted by atomic mass is 16.4. The molecule has 6 nitrogen and oxygen atoms in total. The summed E-state index contributed by atoms with van der Waals surface area (Å²) in [5.41, 5.74) is 0. The molecule has 0 aromatic carbocycles. The standard InChI is InChI=1S/C15H24N2O4/c18-13-9-11(10-17(13)12-5-1-2-6-12)15(21)16-8-4-3-7-14(19)20/h11-12H,1-10H2,(H,16,21)(H,19,20)/t11-/m1/s1. The van der Waals surface area contributed by atoms with E-state index in [0.29, 0.717) is 38.4 Å². The van der Waals surface area contributed by atoms with Gasteiger partial charge in [0.05, 0.1) is 5.92 Å². The summed E-state index contributed by atoms with van der Waals surface area (Å²) in [6.45, 7) is 1.03. The number of amides is 2. The number of nitrogens with one attached hydrogen (secondary N) is 1. The molecule has 2 amide bonds. The van der Waals surface area contributed by atoms with E-state index in [1.807, 2.05) is 4.90 Å². The normalized spacial score (nSPS) is 22.8. The quantitative estimate of drug-likeness (QED) is 0.690. The van der Waals surface area contributed by atoms with E-state index >= 15 is 0 Å². The first-order chi connectivity index (χ1) is 10.1. The molecule has 2 N–H and O–H groups in total. The zero-order valence-electron chi connectivity index (χ0n) is 12.3. The van der Waals surface area contributed by atoms with Gasteiger partial charge in [0.2, 0.25) is 11.8 Å². The lowest BCUT2D eigenvalue weighted by molar-refractivity contribution is -0.137. The lowest BCUT2D eigenvalue weighted by Gasteiger charge is -2.23. The lowest BCUT2D eigenvalue weighted by atomic mass is 10.1. The lowest BCUT2D eigenvalue weighted by Crippen LogP contribution is -2.37. The maximum atomic E-state index is 12.0. The summed E-state index contributed by atoms with van der Waals surface area (Å²) in [6, 6.07) is 0.339. The second kappa shape index (κ2) is 7.43. The van der Waals surface area contributed by atoms with Gasteiger partial charge >= 0.3 is 5.97 Å². The van der Waals surface area contributed by atoms with Crippen LogP contribution < -0.4 is 5.32 Å². The molecule has 0 aromatic heterocycles. The number of hydrogen-bond acceptors (Lipinski definition) is 3. The van der Waals surface area contributed by atoms with Gasteiger partial charge in [-0.05, 0) is 25.7 Å². The number of carbonyl (C=O) groups excluding carboxylic acids is 2. The Morgan fingerprint density at radius 3 is 2.62 bits per heavy atom. The smallest absolute Gasteiger partial charge is 0.303 e. The third-order valence-electron chi connectivity index (χ3n) is 4.41. The van der Waals surface area contributed by atoms with Crippen molar-refractivity contribution in [3.8, 4) is 0 Å². The molecule has 21 heavy (non-hydrogen) atoms. The van der Waals surface area contributed by atoms with Crippen molar-refractivity contribution in [1.29, 1.82) is 0 Å². The Hall–Kier alpha value is -1.59. The van der Waals surface area contributed by atoms with Crippen molar-refractivity contribution in [3.05, 3.63) is 0 Å². The molecule has 0 spiro atoms. The van der Waals surface area contributed by atoms with Crippen LogP contribution in [-0.2, 0) is 14.4 Å². The molecule has 1 saturated carbocycles. The SMILES string of the molecule is O=C(O)CCCCNC(=O)[C@@H]1CC(=O)N(C2CCCC2)C1. The predicted molar refractivity (Wildman–Crippen MR) is 76.6 cm³/mol. The molecular formula is C15H24N2O4. The van der Waals surface area contributed by atoms with Crippen LogP contribution in [-0.4, -0.2) is 46.9 Å². The number of hydrogen-bond donors (Lipinski definition) is 2. The third-order valence-corrected chi connectivity index (χ3v) is 4.41. The van der Waals surface area contributed by atoms with Crippen molar-refractivity contribution in [1.82, 2.24) is 10.2 Å². The van der Waals surface area contributed by atoms with Crippen molar-refractivity contribution in [3.63, 3.8) is 0 Å². The van der Waals surface area contributed by atoms with Gasteiger partial charge in [-0.2, -0.15) is 0 Å². The molecule has 1 saturated heterocycles. The Morgan fingerprint density at radius 1 is 1.24 bits per heavy atom. The first kappa shape index (κ1) is 15.8. The number of carbonyl (C=O) groups is 3. The fraction of sp³-hybridized carbons (Fsp3) is 0.800. The summed E-state index contributed by atoms with van der Waals surface area (Å²) in [5, 5.41) is 11.3. The minimum Gasteiger partial charge on any atom is -0.481 e. The molecule has 2 fully saturated rings. The number of rotatable bonds is 7. The molecule has 1 heterocycles. The average Bonchev–Trinajstić information content (AvgIpc) is 3.06. The molecule has 2 aliphatic rings. The van der Waals surface area contributed by atoms with E-state index in [1.54, 1.807) is 0 Å². The number of carboxylic acid groups (broad SMARTS) is 1. The first-order valence-electron chi connectivity index (χ1n) is 7.87. The molecule has 0 aromatic rings. The van der Waals surface area contributed by atoms with Gasteiger partial charge in [-0.15, -0.1) is 0 Å². The van der Waals surface area contributed by atoms with Gasteiger partial charge < -0.3 is 15.3 Å². The average molecular weight is 296 g/mol. The summed E-state index contributed by atoms with van der Waals surface area (Å²) in [4.78, 5) is 36.3. The van der Waals surface area contributed by atoms with Gasteiger partial charge in [0.1, 0.15) is 0 Å². The Balaban J connectivity index is 1.68. The maximum Gasteiger partial charge on any atom is 0.303 e. The fourth-order valence-electron chi connectivity index (χ4n) is 3.23. The molecule has 0 unspecified atom stereocenters. The fourth-order valence-corrected chi connectivity index (χ4v) is 3.23. The predicted octanol–water partition coefficient (Wildman–Crippen LogP) is 1.15. The van der Waals surface area contributed by atoms with Crippen LogP contribution in [0.25, 0.3) is 0 Å². The van der Waals surface area contributed by atoms with E-state index in [0.717, 1.165) is 12.8 Å². The van der Waals surface area contributed by atoms with Crippen LogP contribution in [0.2, 0.25) is 0 Å². The number of nitrogens with zero attached hydrogens (tertiary/aromatic N) is 1. The zero-order chi connectivity index (χ0) is 15.2. The van der Waals surface area contributed by atoms with Crippen molar-refractivity contribution < 1.29 is 19.5 Å². The van der Waals surface area contributed by atoms with Crippen LogP contribution in [0.1, 0.15) is 51.4 Å². The highest BCUT2D eigenvalue weighted by Gasteiger charge is 2.38. The first-order valence-corrected chi connectivity index (χ1v) is 7.87. The second-order valence-corrected chi connectivity index (χ2v) is 6.03. The molecule has 6 heteroatoms. The van der Waals surface area contributed by atoms with Gasteiger partial charge in [-0.25, -0.2) is 0 Å². The highest BCUT2D eigenvalue weighted by Crippen LogP contribution is 2.29. The zero-order valence-corrected chi connectivity index (χ0v) is 12.3. The summed E-state index contributed by atoms with van der Waals surface area (Å²) in [6.07, 6.45) is 6.15. The molecule has 1 aliphatic heterocycles. The molecule has 0 radical (unpaired) electrons. The van der Waals surface area contributed by atoms with Crippen LogP contribution >= 0.6 is 0 Å². The minimum absolute atomic E-state index is 0.0702. The van der Waals surface area contributed by atoms with Gasteiger partial charge in [0, 0.05) is 32.0 Å². The maximum absolute atomic E-state index is 12.0. The largest absolute Gasteiger partial charge is 0.481 e. The van der Waals surface area contributed by atoms with E-state index < -0.39 is 5.97 Å². The van der Waals surface area contributed by atoms with Crippen molar-refractivity contribution in [2.24, 2.45) is 5.92 Å². The van der Waals surface area contributed by atoms with Crippen LogP contribution in [0, 0.1) is 5.92 Å². The molecule has 0 bridgehead atoms. The molecule has 1 atom stereocenters. The molecular weight excluding hydrogens is 272 g/mol. The van der Waals surface area contributed by atoms with E-state index in [2.05, 4.69) is 5.32 Å². The Kier molecular flexibility index (Phi) is 5.59. The minimum atomic E-state index is -0.810. The molecule has 2 rings (SSSR count). The monoisotopic (exact) mass is 296 g/mol. The number of carboxylic acids is 1. The molecule has 118 valence electrons. The van der Waals surface area contributed by atoms with E-state index in [-0.39, 0.29) is 24.2 Å². The highest BCUT2D eigenvalue weighted by molar-refractivity contribution is 5.89. The van der Waals surface area contributed by atoms with Crippen molar-refractivity contribution in [2.45, 2.75) is 57.4 Å². The Bertz CT molecular complexity index is 404. The van der Waals surface area contributed by atoms with Gasteiger partial charge in [-0.1, -0.05) is 12.8 Å². The summed E-state index contributed by atoms with van der Waals surface area (Å²) in [5.74, 6) is -1.01. The van der Waals surface area contributed by atoms with E-state index in [9.17, 15) is 14.4 Å². The van der Waals surface area contributed by atoms with Gasteiger partial charge in [0.15, 0.2) is 0 Å². The topological polar surface area (TPSA) is 86.7 Å². The van der Waals surface area contributed by atoms with Gasteiger partial charge in [0.25, 0.3) is 0 Å². The summed E-state index contributed by atoms with van der Waals surface area (Å²) < 4.78 is 0. The number of unbranched alkanes of at least 4 members (excludes halogenated alkanes) is 1. The number of aliphatic carboxylic acids is 1. The van der Waals surface area contributed by atoms with E-state index in [4.69, 9.17) is 5.11 Å². The number of likely N-dealkylation sites (tertiary alicyclic amines) is 1. The third kappa shape index (κ3) is 4.44. The van der Waals surface area contributed by atoms with Crippen LogP contribution in [0.5, 0.6) is 0 Å². The Morgan fingerprint density at radius 2 is 1.95 bits per heavy atom.